The average Bonchev–Trinajstić information content (AvgIpc) is 3.18. The molecule has 0 unspecified atom stereocenters. The zero-order valence-corrected chi connectivity index (χ0v) is 14.3. The molecule has 132 valence electrons. The molecule has 0 aromatic carbocycles. The Labute approximate surface area is 145 Å². The molecule has 0 saturated carbocycles. The summed E-state index contributed by atoms with van der Waals surface area (Å²) < 4.78 is 8.26. The van der Waals surface area contributed by atoms with Gasteiger partial charge in [-0.3, -0.25) is 14.2 Å². The van der Waals surface area contributed by atoms with Crippen LogP contribution >= 0.6 is 0 Å². The summed E-state index contributed by atoms with van der Waals surface area (Å²) >= 11 is 0. The van der Waals surface area contributed by atoms with Crippen LogP contribution in [-0.2, 0) is 13.1 Å². The second-order valence-electron chi connectivity index (χ2n) is 6.48. The van der Waals surface area contributed by atoms with Crippen LogP contribution in [0.25, 0.3) is 5.65 Å². The van der Waals surface area contributed by atoms with Crippen LogP contribution in [0.2, 0.25) is 0 Å². The predicted octanol–water partition coefficient (Wildman–Crippen LogP) is 0.610. The summed E-state index contributed by atoms with van der Waals surface area (Å²) in [6, 6.07) is 7.57. The molecule has 1 aliphatic heterocycles. The molecule has 25 heavy (non-hydrogen) atoms. The Hall–Kier alpha value is -2.45. The van der Waals surface area contributed by atoms with Gasteiger partial charge < -0.3 is 4.52 Å². The van der Waals surface area contributed by atoms with Gasteiger partial charge in [-0.1, -0.05) is 11.2 Å². The van der Waals surface area contributed by atoms with E-state index in [9.17, 15) is 4.79 Å². The quantitative estimate of drug-likeness (QED) is 0.677. The summed E-state index contributed by atoms with van der Waals surface area (Å²) in [7, 11) is 0. The molecule has 1 fully saturated rings. The van der Waals surface area contributed by atoms with Crippen molar-refractivity contribution in [1.29, 1.82) is 0 Å². The minimum Gasteiger partial charge on any atom is -0.361 e. The topological polar surface area (TPSA) is 71.8 Å². The second-order valence-corrected chi connectivity index (χ2v) is 6.48. The van der Waals surface area contributed by atoms with E-state index in [-0.39, 0.29) is 5.69 Å². The van der Waals surface area contributed by atoms with Gasteiger partial charge in [0.25, 0.3) is 0 Å². The Morgan fingerprint density at radius 3 is 2.64 bits per heavy atom. The number of nitrogens with zero attached hydrogens (tertiary/aromatic N) is 6. The lowest BCUT2D eigenvalue weighted by Crippen LogP contribution is -2.47. The number of rotatable bonds is 5. The standard InChI is InChI=1S/C17H22N6O2/c1-14-12-15(19-25-14)13-21-8-6-20(7-9-21)10-11-23-17(24)22-5-3-2-4-16(22)18-23/h2-5,12H,6-11,13H2,1H3. The number of hydrogen-bond acceptors (Lipinski definition) is 6. The van der Waals surface area contributed by atoms with E-state index >= 15 is 0 Å². The summed E-state index contributed by atoms with van der Waals surface area (Å²) in [4.78, 5) is 17.0. The fourth-order valence-corrected chi connectivity index (χ4v) is 3.24. The molecule has 0 atom stereocenters. The van der Waals surface area contributed by atoms with Gasteiger partial charge in [0.15, 0.2) is 5.65 Å². The van der Waals surface area contributed by atoms with E-state index in [1.165, 1.54) is 0 Å². The van der Waals surface area contributed by atoms with E-state index in [2.05, 4.69) is 20.1 Å². The third kappa shape index (κ3) is 3.49. The maximum atomic E-state index is 12.3. The minimum absolute atomic E-state index is 0.0735. The van der Waals surface area contributed by atoms with E-state index < -0.39 is 0 Å². The first-order valence-corrected chi connectivity index (χ1v) is 8.60. The van der Waals surface area contributed by atoms with Crippen molar-refractivity contribution >= 4 is 5.65 Å². The van der Waals surface area contributed by atoms with Crippen molar-refractivity contribution in [3.8, 4) is 0 Å². The van der Waals surface area contributed by atoms with Crippen molar-refractivity contribution < 1.29 is 4.52 Å². The number of pyridine rings is 1. The SMILES string of the molecule is Cc1cc(CN2CCN(CCn3nc4ccccn4c3=O)CC2)no1. The van der Waals surface area contributed by atoms with Crippen LogP contribution in [0.4, 0.5) is 0 Å². The number of aryl methyl sites for hydroxylation is 1. The fraction of sp³-hybridized carbons (Fsp3) is 0.471. The van der Waals surface area contributed by atoms with Crippen molar-refractivity contribution in [1.82, 2.24) is 29.1 Å². The van der Waals surface area contributed by atoms with E-state index in [4.69, 9.17) is 4.52 Å². The van der Waals surface area contributed by atoms with Crippen molar-refractivity contribution in [2.45, 2.75) is 20.0 Å². The molecular formula is C17H22N6O2. The highest BCUT2D eigenvalue weighted by Crippen LogP contribution is 2.09. The molecule has 4 heterocycles. The predicted molar refractivity (Wildman–Crippen MR) is 92.4 cm³/mol. The zero-order chi connectivity index (χ0) is 17.2. The first kappa shape index (κ1) is 16.0. The van der Waals surface area contributed by atoms with Crippen LogP contribution in [0.5, 0.6) is 0 Å². The molecule has 8 nitrogen and oxygen atoms in total. The maximum Gasteiger partial charge on any atom is 0.350 e. The average molecular weight is 342 g/mol. The van der Waals surface area contributed by atoms with Gasteiger partial charge in [-0.2, -0.15) is 0 Å². The van der Waals surface area contributed by atoms with E-state index in [1.807, 2.05) is 31.2 Å². The molecule has 3 aromatic heterocycles. The Bertz CT molecular complexity index is 903. The van der Waals surface area contributed by atoms with Gasteiger partial charge in [-0.05, 0) is 19.1 Å². The Kier molecular flexibility index (Phi) is 4.37. The maximum absolute atomic E-state index is 12.3. The van der Waals surface area contributed by atoms with Gasteiger partial charge in [-0.15, -0.1) is 5.10 Å². The summed E-state index contributed by atoms with van der Waals surface area (Å²) in [5, 5.41) is 8.44. The molecule has 8 heteroatoms. The highest BCUT2D eigenvalue weighted by molar-refractivity contribution is 5.35. The third-order valence-corrected chi connectivity index (χ3v) is 4.64. The molecule has 1 aliphatic rings. The largest absolute Gasteiger partial charge is 0.361 e. The lowest BCUT2D eigenvalue weighted by molar-refractivity contribution is 0.121. The molecule has 3 aromatic rings. The van der Waals surface area contributed by atoms with Crippen LogP contribution in [0, 0.1) is 6.92 Å². The van der Waals surface area contributed by atoms with Gasteiger partial charge in [0.1, 0.15) is 5.76 Å². The molecule has 0 bridgehead atoms. The van der Waals surface area contributed by atoms with Crippen LogP contribution < -0.4 is 5.69 Å². The van der Waals surface area contributed by atoms with Crippen molar-refractivity contribution in [2.24, 2.45) is 0 Å². The summed E-state index contributed by atoms with van der Waals surface area (Å²) in [5.74, 6) is 0.853. The molecule has 0 aliphatic carbocycles. The number of hydrogen-bond donors (Lipinski definition) is 0. The van der Waals surface area contributed by atoms with Crippen LogP contribution in [-0.4, -0.2) is 61.9 Å². The Balaban J connectivity index is 1.30. The van der Waals surface area contributed by atoms with Crippen molar-refractivity contribution in [3.63, 3.8) is 0 Å². The zero-order valence-electron chi connectivity index (χ0n) is 14.3. The van der Waals surface area contributed by atoms with Crippen molar-refractivity contribution in [3.05, 3.63) is 52.4 Å². The first-order valence-electron chi connectivity index (χ1n) is 8.60. The molecule has 1 saturated heterocycles. The smallest absolute Gasteiger partial charge is 0.350 e. The Morgan fingerprint density at radius 2 is 1.92 bits per heavy atom. The Morgan fingerprint density at radius 1 is 1.12 bits per heavy atom. The van der Waals surface area contributed by atoms with E-state index in [1.54, 1.807) is 15.3 Å². The number of aromatic nitrogens is 4. The monoisotopic (exact) mass is 342 g/mol. The van der Waals surface area contributed by atoms with Crippen molar-refractivity contribution in [2.75, 3.05) is 32.7 Å². The van der Waals surface area contributed by atoms with Gasteiger partial charge in [0, 0.05) is 51.5 Å². The lowest BCUT2D eigenvalue weighted by Gasteiger charge is -2.34. The number of fused-ring (bicyclic) bond motifs is 1. The van der Waals surface area contributed by atoms with Gasteiger partial charge in [-0.25, -0.2) is 9.48 Å². The van der Waals surface area contributed by atoms with Crippen LogP contribution in [0.3, 0.4) is 0 Å². The molecule has 0 amide bonds. The first-order chi connectivity index (χ1) is 12.2. The lowest BCUT2D eigenvalue weighted by atomic mass is 10.3. The highest BCUT2D eigenvalue weighted by atomic mass is 16.5. The number of piperazine rings is 1. The molecular weight excluding hydrogens is 320 g/mol. The summed E-state index contributed by atoms with van der Waals surface area (Å²) in [6.45, 7) is 8.15. The highest BCUT2D eigenvalue weighted by Gasteiger charge is 2.18. The summed E-state index contributed by atoms with van der Waals surface area (Å²) in [6.07, 6.45) is 1.76. The third-order valence-electron chi connectivity index (χ3n) is 4.64. The normalized spacial score (nSPS) is 16.7. The fourth-order valence-electron chi connectivity index (χ4n) is 3.24. The van der Waals surface area contributed by atoms with Crippen LogP contribution in [0.15, 0.2) is 39.8 Å². The van der Waals surface area contributed by atoms with Crippen LogP contribution in [0.1, 0.15) is 11.5 Å². The molecule has 4 rings (SSSR count). The minimum atomic E-state index is -0.0735. The van der Waals surface area contributed by atoms with E-state index in [0.717, 1.165) is 50.7 Å². The van der Waals surface area contributed by atoms with Gasteiger partial charge in [0.05, 0.1) is 12.2 Å². The molecule has 0 N–H and O–H groups in total. The summed E-state index contributed by atoms with van der Waals surface area (Å²) in [5.41, 5.74) is 1.61. The van der Waals surface area contributed by atoms with E-state index in [0.29, 0.717) is 12.2 Å². The van der Waals surface area contributed by atoms with Gasteiger partial charge in [0.2, 0.25) is 0 Å². The van der Waals surface area contributed by atoms with Gasteiger partial charge >= 0.3 is 5.69 Å². The molecule has 0 spiro atoms. The molecule has 0 radical (unpaired) electrons. The second kappa shape index (κ2) is 6.81.